The fourth-order valence-electron chi connectivity index (χ4n) is 1.63. The summed E-state index contributed by atoms with van der Waals surface area (Å²) in [5.41, 5.74) is 0.564. The van der Waals surface area contributed by atoms with Gasteiger partial charge in [-0.25, -0.2) is 9.97 Å². The van der Waals surface area contributed by atoms with Gasteiger partial charge in [0, 0.05) is 24.5 Å². The van der Waals surface area contributed by atoms with Crippen molar-refractivity contribution in [3.63, 3.8) is 0 Å². The molecule has 0 atom stereocenters. The lowest BCUT2D eigenvalue weighted by molar-refractivity contribution is 0.0953. The van der Waals surface area contributed by atoms with E-state index in [-0.39, 0.29) is 11.9 Å². The van der Waals surface area contributed by atoms with E-state index >= 15 is 0 Å². The van der Waals surface area contributed by atoms with Crippen LogP contribution in [0.3, 0.4) is 0 Å². The van der Waals surface area contributed by atoms with E-state index in [1.165, 1.54) is 0 Å². The van der Waals surface area contributed by atoms with Gasteiger partial charge in [-0.2, -0.15) is 0 Å². The van der Waals surface area contributed by atoms with E-state index < -0.39 is 0 Å². The summed E-state index contributed by atoms with van der Waals surface area (Å²) in [5, 5.41) is 2.87. The van der Waals surface area contributed by atoms with E-state index in [0.717, 1.165) is 12.8 Å². The Morgan fingerprint density at radius 3 is 2.80 bits per heavy atom. The van der Waals surface area contributed by atoms with E-state index in [4.69, 9.17) is 4.74 Å². The van der Waals surface area contributed by atoms with Crippen molar-refractivity contribution in [3.8, 4) is 11.8 Å². The smallest absolute Gasteiger partial charge is 0.321 e. The zero-order valence-electron chi connectivity index (χ0n) is 11.4. The molecule has 20 heavy (non-hydrogen) atoms. The number of hydrogen-bond donors (Lipinski definition) is 1. The maximum atomic E-state index is 11.9. The first-order valence-electron chi connectivity index (χ1n) is 6.62. The number of carbonyl (C=O) groups is 1. The van der Waals surface area contributed by atoms with Crippen molar-refractivity contribution in [1.29, 1.82) is 0 Å². The van der Waals surface area contributed by atoms with Crippen molar-refractivity contribution < 1.29 is 9.53 Å². The zero-order chi connectivity index (χ0) is 14.2. The molecule has 1 heterocycles. The summed E-state index contributed by atoms with van der Waals surface area (Å²) in [4.78, 5) is 19.9. The molecule has 0 aliphatic rings. The maximum absolute atomic E-state index is 11.9. The summed E-state index contributed by atoms with van der Waals surface area (Å²) in [6.45, 7) is 2.77. The van der Waals surface area contributed by atoms with Crippen LogP contribution in [-0.4, -0.2) is 22.4 Å². The molecule has 0 bridgehead atoms. The molecule has 104 valence electrons. The number of rotatable bonds is 6. The second kappa shape index (κ2) is 7.23. The van der Waals surface area contributed by atoms with Gasteiger partial charge in [0.2, 0.25) is 0 Å². The van der Waals surface area contributed by atoms with Gasteiger partial charge in [0.25, 0.3) is 5.91 Å². The Morgan fingerprint density at radius 2 is 2.05 bits per heavy atom. The minimum atomic E-state index is -0.0992. The Bertz CT molecular complexity index is 558. The monoisotopic (exact) mass is 271 g/mol. The number of hydrogen-bond acceptors (Lipinski definition) is 4. The number of ether oxygens (including phenoxy) is 1. The summed E-state index contributed by atoms with van der Waals surface area (Å²) in [5.74, 6) is 0.442. The number of amides is 1. The highest BCUT2D eigenvalue weighted by molar-refractivity contribution is 5.94. The predicted octanol–water partition coefficient (Wildman–Crippen LogP) is 2.80. The van der Waals surface area contributed by atoms with Gasteiger partial charge in [0.15, 0.2) is 0 Å². The van der Waals surface area contributed by atoms with Gasteiger partial charge < -0.3 is 10.1 Å². The van der Waals surface area contributed by atoms with Gasteiger partial charge in [-0.15, -0.1) is 0 Å². The summed E-state index contributed by atoms with van der Waals surface area (Å²) < 4.78 is 5.49. The van der Waals surface area contributed by atoms with Crippen LogP contribution in [0.5, 0.6) is 11.8 Å². The lowest BCUT2D eigenvalue weighted by Crippen LogP contribution is -2.24. The van der Waals surface area contributed by atoms with E-state index in [9.17, 15) is 4.79 Å². The molecule has 0 unspecified atom stereocenters. The number of unbranched alkanes of at least 4 members (excludes halogenated alkanes) is 1. The lowest BCUT2D eigenvalue weighted by atomic mass is 10.2. The maximum Gasteiger partial charge on any atom is 0.321 e. The molecule has 0 fully saturated rings. The Morgan fingerprint density at radius 1 is 1.25 bits per heavy atom. The molecule has 1 aromatic heterocycles. The Labute approximate surface area is 118 Å². The average molecular weight is 271 g/mol. The molecule has 0 saturated carbocycles. The number of benzene rings is 1. The van der Waals surface area contributed by atoms with Gasteiger partial charge in [-0.3, -0.25) is 4.79 Å². The first-order valence-corrected chi connectivity index (χ1v) is 6.62. The molecule has 1 aromatic carbocycles. The van der Waals surface area contributed by atoms with Crippen LogP contribution in [-0.2, 0) is 0 Å². The van der Waals surface area contributed by atoms with Crippen molar-refractivity contribution in [2.24, 2.45) is 0 Å². The molecule has 5 nitrogen and oxygen atoms in total. The van der Waals surface area contributed by atoms with E-state index in [1.807, 2.05) is 0 Å². The predicted molar refractivity (Wildman–Crippen MR) is 75.8 cm³/mol. The summed E-state index contributed by atoms with van der Waals surface area (Å²) in [7, 11) is 0. The highest BCUT2D eigenvalue weighted by Gasteiger charge is 2.07. The van der Waals surface area contributed by atoms with Crippen LogP contribution in [0.15, 0.2) is 42.7 Å². The molecule has 0 aliphatic heterocycles. The van der Waals surface area contributed by atoms with E-state index in [1.54, 1.807) is 42.7 Å². The first-order chi connectivity index (χ1) is 9.79. The van der Waals surface area contributed by atoms with Crippen LogP contribution >= 0.6 is 0 Å². The summed E-state index contributed by atoms with van der Waals surface area (Å²) >= 11 is 0. The molecular weight excluding hydrogens is 254 g/mol. The third kappa shape index (κ3) is 4.05. The topological polar surface area (TPSA) is 64.1 Å². The Balaban J connectivity index is 2.02. The lowest BCUT2D eigenvalue weighted by Gasteiger charge is -2.07. The first kappa shape index (κ1) is 14.0. The summed E-state index contributed by atoms with van der Waals surface area (Å²) in [6, 6.07) is 8.94. The highest BCUT2D eigenvalue weighted by atomic mass is 16.5. The highest BCUT2D eigenvalue weighted by Crippen LogP contribution is 2.18. The van der Waals surface area contributed by atoms with Crippen LogP contribution in [0.4, 0.5) is 0 Å². The Hall–Kier alpha value is -2.43. The van der Waals surface area contributed by atoms with Gasteiger partial charge >= 0.3 is 6.01 Å². The second-order valence-corrected chi connectivity index (χ2v) is 4.27. The molecular formula is C15H17N3O2. The van der Waals surface area contributed by atoms with Crippen LogP contribution in [0.2, 0.25) is 0 Å². The summed E-state index contributed by atoms with van der Waals surface area (Å²) in [6.07, 6.45) is 5.22. The van der Waals surface area contributed by atoms with E-state index in [0.29, 0.717) is 17.9 Å². The van der Waals surface area contributed by atoms with Crippen LogP contribution in [0.25, 0.3) is 0 Å². The van der Waals surface area contributed by atoms with Crippen molar-refractivity contribution in [3.05, 3.63) is 48.3 Å². The van der Waals surface area contributed by atoms with Crippen molar-refractivity contribution in [2.45, 2.75) is 19.8 Å². The average Bonchev–Trinajstić information content (AvgIpc) is 2.49. The SMILES string of the molecule is CCCCNC(=O)c1cccc(Oc2ncccn2)c1. The Kier molecular flexibility index (Phi) is 5.06. The minimum absolute atomic E-state index is 0.0992. The molecule has 1 N–H and O–H groups in total. The third-order valence-electron chi connectivity index (χ3n) is 2.66. The van der Waals surface area contributed by atoms with Crippen molar-refractivity contribution in [2.75, 3.05) is 6.54 Å². The number of nitrogens with one attached hydrogen (secondary N) is 1. The molecule has 0 saturated heterocycles. The van der Waals surface area contributed by atoms with Crippen LogP contribution in [0.1, 0.15) is 30.1 Å². The van der Waals surface area contributed by atoms with Crippen molar-refractivity contribution in [1.82, 2.24) is 15.3 Å². The van der Waals surface area contributed by atoms with Gasteiger partial charge in [-0.05, 0) is 30.7 Å². The molecule has 2 rings (SSSR count). The second-order valence-electron chi connectivity index (χ2n) is 4.27. The number of aromatic nitrogens is 2. The van der Waals surface area contributed by atoms with Gasteiger partial charge in [0.1, 0.15) is 5.75 Å². The fourth-order valence-corrected chi connectivity index (χ4v) is 1.63. The number of carbonyl (C=O) groups excluding carboxylic acids is 1. The standard InChI is InChI=1S/C15H17N3O2/c1-2-3-8-16-14(19)12-6-4-7-13(11-12)20-15-17-9-5-10-18-15/h4-7,9-11H,2-3,8H2,1H3,(H,16,19). The molecule has 0 aliphatic carbocycles. The molecule has 0 spiro atoms. The molecule has 5 heteroatoms. The molecule has 2 aromatic rings. The molecule has 1 amide bonds. The van der Waals surface area contributed by atoms with E-state index in [2.05, 4.69) is 22.2 Å². The zero-order valence-corrected chi connectivity index (χ0v) is 11.4. The fraction of sp³-hybridized carbons (Fsp3) is 0.267. The number of nitrogens with zero attached hydrogens (tertiary/aromatic N) is 2. The third-order valence-corrected chi connectivity index (χ3v) is 2.66. The van der Waals surface area contributed by atoms with Crippen LogP contribution in [0, 0.1) is 0 Å². The van der Waals surface area contributed by atoms with Gasteiger partial charge in [0.05, 0.1) is 0 Å². The van der Waals surface area contributed by atoms with Crippen molar-refractivity contribution >= 4 is 5.91 Å². The molecule has 0 radical (unpaired) electrons. The largest absolute Gasteiger partial charge is 0.424 e. The van der Waals surface area contributed by atoms with Crippen LogP contribution < -0.4 is 10.1 Å². The quantitative estimate of drug-likeness (QED) is 0.820. The normalized spacial score (nSPS) is 10.1. The van der Waals surface area contributed by atoms with Gasteiger partial charge in [-0.1, -0.05) is 19.4 Å². The minimum Gasteiger partial charge on any atom is -0.424 e.